The van der Waals surface area contributed by atoms with Crippen molar-refractivity contribution < 1.29 is 0 Å². The normalized spacial score (nSPS) is 11.9. The summed E-state index contributed by atoms with van der Waals surface area (Å²) in [5.74, 6) is 0. The highest BCUT2D eigenvalue weighted by molar-refractivity contribution is 8.00. The molecule has 0 saturated heterocycles. The first-order chi connectivity index (χ1) is 12.7. The average Bonchev–Trinajstić information content (AvgIpc) is 2.61. The molecule has 0 fully saturated rings. The molecule has 27 heavy (non-hydrogen) atoms. The van der Waals surface area contributed by atoms with Gasteiger partial charge in [-0.05, 0) is 51.0 Å². The zero-order valence-electron chi connectivity index (χ0n) is 16.1. The quantitative estimate of drug-likeness (QED) is 0.663. The molecule has 1 aromatic heterocycles. The van der Waals surface area contributed by atoms with Crippen molar-refractivity contribution >= 4 is 22.7 Å². The largest absolute Gasteiger partial charge is 0.329 e. The van der Waals surface area contributed by atoms with E-state index in [1.165, 1.54) is 5.56 Å². The van der Waals surface area contributed by atoms with Crippen LogP contribution in [0.2, 0.25) is 0 Å². The van der Waals surface area contributed by atoms with Gasteiger partial charge in [0.1, 0.15) is 0 Å². The Bertz CT molecular complexity index is 1110. The zero-order valence-corrected chi connectivity index (χ0v) is 16.9. The SMILES string of the molecule is Cc1cc(C)c(SC(C)(C)CN)c(Cn2c(=O)[nH]c(=O)c3ccccc32)c1. The molecular weight excluding hydrogens is 358 g/mol. The maximum absolute atomic E-state index is 12.6. The van der Waals surface area contributed by atoms with E-state index in [0.29, 0.717) is 24.0 Å². The van der Waals surface area contributed by atoms with E-state index in [1.54, 1.807) is 28.5 Å². The second-order valence-electron chi connectivity index (χ2n) is 7.50. The summed E-state index contributed by atoms with van der Waals surface area (Å²) in [6, 6.07) is 11.4. The van der Waals surface area contributed by atoms with Crippen LogP contribution in [0.15, 0.2) is 50.9 Å². The highest BCUT2D eigenvalue weighted by atomic mass is 32.2. The molecule has 0 aliphatic carbocycles. The number of nitrogens with zero attached hydrogens (tertiary/aromatic N) is 1. The molecule has 0 radical (unpaired) electrons. The van der Waals surface area contributed by atoms with Gasteiger partial charge >= 0.3 is 5.69 Å². The summed E-state index contributed by atoms with van der Waals surface area (Å²) >= 11 is 1.73. The fourth-order valence-electron chi connectivity index (χ4n) is 3.19. The summed E-state index contributed by atoms with van der Waals surface area (Å²) in [6.07, 6.45) is 0. The Kier molecular flexibility index (Phi) is 5.31. The monoisotopic (exact) mass is 383 g/mol. The number of benzene rings is 2. The van der Waals surface area contributed by atoms with Crippen LogP contribution in [-0.4, -0.2) is 20.8 Å². The summed E-state index contributed by atoms with van der Waals surface area (Å²) in [5.41, 5.74) is 9.18. The van der Waals surface area contributed by atoms with Crippen LogP contribution in [-0.2, 0) is 6.54 Å². The lowest BCUT2D eigenvalue weighted by molar-refractivity contribution is 0.716. The van der Waals surface area contributed by atoms with Gasteiger partial charge in [0.25, 0.3) is 5.56 Å². The summed E-state index contributed by atoms with van der Waals surface area (Å²) in [7, 11) is 0. The molecule has 3 aromatic rings. The minimum atomic E-state index is -0.396. The van der Waals surface area contributed by atoms with Crippen LogP contribution < -0.4 is 17.0 Å². The molecule has 142 valence electrons. The van der Waals surface area contributed by atoms with Gasteiger partial charge in [-0.3, -0.25) is 14.3 Å². The lowest BCUT2D eigenvalue weighted by Crippen LogP contribution is -2.31. The van der Waals surface area contributed by atoms with E-state index in [1.807, 2.05) is 19.1 Å². The maximum atomic E-state index is 12.6. The van der Waals surface area contributed by atoms with Crippen LogP contribution in [0.25, 0.3) is 10.9 Å². The summed E-state index contributed by atoms with van der Waals surface area (Å²) in [5, 5.41) is 0.512. The molecule has 6 heteroatoms. The van der Waals surface area contributed by atoms with E-state index in [0.717, 1.165) is 16.0 Å². The Balaban J connectivity index is 2.18. The molecule has 0 amide bonds. The molecule has 0 bridgehead atoms. The third-order valence-electron chi connectivity index (χ3n) is 4.60. The lowest BCUT2D eigenvalue weighted by Gasteiger charge is -2.25. The van der Waals surface area contributed by atoms with Crippen LogP contribution in [0.1, 0.15) is 30.5 Å². The van der Waals surface area contributed by atoms with E-state index in [2.05, 4.69) is 37.9 Å². The van der Waals surface area contributed by atoms with Crippen molar-refractivity contribution in [2.24, 2.45) is 5.73 Å². The molecule has 0 saturated carbocycles. The molecule has 0 unspecified atom stereocenters. The van der Waals surface area contributed by atoms with Gasteiger partial charge in [0, 0.05) is 16.2 Å². The number of fused-ring (bicyclic) bond motifs is 1. The molecule has 3 N–H and O–H groups in total. The number of aromatic nitrogens is 2. The molecule has 0 aliphatic rings. The van der Waals surface area contributed by atoms with Gasteiger partial charge in [0.15, 0.2) is 0 Å². The second kappa shape index (κ2) is 7.37. The minimum Gasteiger partial charge on any atom is -0.329 e. The van der Waals surface area contributed by atoms with E-state index >= 15 is 0 Å². The Hall–Kier alpha value is -2.31. The van der Waals surface area contributed by atoms with E-state index in [9.17, 15) is 9.59 Å². The minimum absolute atomic E-state index is 0.118. The van der Waals surface area contributed by atoms with E-state index < -0.39 is 5.69 Å². The first-order valence-corrected chi connectivity index (χ1v) is 9.74. The Labute approximate surface area is 162 Å². The van der Waals surface area contributed by atoms with Gasteiger partial charge in [-0.2, -0.15) is 0 Å². The topological polar surface area (TPSA) is 80.9 Å². The van der Waals surface area contributed by atoms with Crippen molar-refractivity contribution in [3.8, 4) is 0 Å². The van der Waals surface area contributed by atoms with Crippen LogP contribution >= 0.6 is 11.8 Å². The standard InChI is InChI=1S/C21H25N3O2S/c1-13-9-14(2)18(27-21(3,4)12-22)15(10-13)11-24-17-8-6-5-7-16(17)19(25)23-20(24)26/h5-10H,11-12,22H2,1-4H3,(H,23,25,26). The average molecular weight is 384 g/mol. The van der Waals surface area contributed by atoms with Crippen molar-refractivity contribution in [2.75, 3.05) is 6.54 Å². The van der Waals surface area contributed by atoms with Crippen molar-refractivity contribution in [2.45, 2.75) is 43.9 Å². The number of rotatable bonds is 5. The van der Waals surface area contributed by atoms with Crippen LogP contribution in [0.5, 0.6) is 0 Å². The molecule has 1 heterocycles. The van der Waals surface area contributed by atoms with E-state index in [-0.39, 0.29) is 10.3 Å². The van der Waals surface area contributed by atoms with Crippen molar-refractivity contribution in [1.82, 2.24) is 9.55 Å². The molecule has 0 atom stereocenters. The molecule has 0 aliphatic heterocycles. The number of H-pyrrole nitrogens is 1. The van der Waals surface area contributed by atoms with Gasteiger partial charge in [-0.15, -0.1) is 11.8 Å². The summed E-state index contributed by atoms with van der Waals surface area (Å²) in [4.78, 5) is 28.3. The van der Waals surface area contributed by atoms with Gasteiger partial charge in [-0.25, -0.2) is 4.79 Å². The third-order valence-corrected chi connectivity index (χ3v) is 6.11. The Morgan fingerprint density at radius 3 is 2.56 bits per heavy atom. The lowest BCUT2D eigenvalue weighted by atomic mass is 10.1. The van der Waals surface area contributed by atoms with Crippen LogP contribution in [0.3, 0.4) is 0 Å². The van der Waals surface area contributed by atoms with Crippen LogP contribution in [0.4, 0.5) is 0 Å². The van der Waals surface area contributed by atoms with Crippen molar-refractivity contribution in [1.29, 1.82) is 0 Å². The fraction of sp³-hybridized carbons (Fsp3) is 0.333. The number of thioether (sulfide) groups is 1. The smallest absolute Gasteiger partial charge is 0.329 e. The number of aryl methyl sites for hydroxylation is 2. The number of hydrogen-bond donors (Lipinski definition) is 2. The van der Waals surface area contributed by atoms with Gasteiger partial charge in [0.05, 0.1) is 17.4 Å². The Morgan fingerprint density at radius 2 is 1.85 bits per heavy atom. The van der Waals surface area contributed by atoms with E-state index in [4.69, 9.17) is 5.73 Å². The predicted octanol–water partition coefficient (Wildman–Crippen LogP) is 3.18. The Morgan fingerprint density at radius 1 is 1.15 bits per heavy atom. The highest BCUT2D eigenvalue weighted by Crippen LogP contribution is 2.37. The van der Waals surface area contributed by atoms with Crippen LogP contribution in [0, 0.1) is 13.8 Å². The molecule has 2 aromatic carbocycles. The third kappa shape index (κ3) is 4.01. The summed E-state index contributed by atoms with van der Waals surface area (Å²) in [6.45, 7) is 9.30. The molecular formula is C21H25N3O2S. The predicted molar refractivity (Wildman–Crippen MR) is 113 cm³/mol. The van der Waals surface area contributed by atoms with Gasteiger partial charge in [-0.1, -0.05) is 29.8 Å². The second-order valence-corrected chi connectivity index (χ2v) is 9.22. The van der Waals surface area contributed by atoms with Crippen molar-refractivity contribution in [3.05, 3.63) is 73.9 Å². The van der Waals surface area contributed by atoms with Gasteiger partial charge in [0.2, 0.25) is 0 Å². The number of nitrogens with two attached hydrogens (primary N) is 1. The maximum Gasteiger partial charge on any atom is 0.329 e. The molecule has 5 nitrogen and oxygen atoms in total. The molecule has 3 rings (SSSR count). The number of nitrogens with one attached hydrogen (secondary N) is 1. The first kappa shape index (κ1) is 19.5. The zero-order chi connectivity index (χ0) is 19.8. The fourth-order valence-corrected chi connectivity index (χ4v) is 4.30. The highest BCUT2D eigenvalue weighted by Gasteiger charge is 2.21. The number of aromatic amines is 1. The number of para-hydroxylation sites is 1. The van der Waals surface area contributed by atoms with Crippen molar-refractivity contribution in [3.63, 3.8) is 0 Å². The number of hydrogen-bond acceptors (Lipinski definition) is 4. The first-order valence-electron chi connectivity index (χ1n) is 8.93. The summed E-state index contributed by atoms with van der Waals surface area (Å²) < 4.78 is 1.51. The van der Waals surface area contributed by atoms with Gasteiger partial charge < -0.3 is 5.73 Å². The molecule has 0 spiro atoms.